The molecule has 188 valence electrons. The zero-order valence-electron chi connectivity index (χ0n) is 21.7. The van der Waals surface area contributed by atoms with Crippen LogP contribution in [0.25, 0.3) is 0 Å². The second kappa shape index (κ2) is 21.1. The molecule has 0 atom stereocenters. The summed E-state index contributed by atoms with van der Waals surface area (Å²) in [5.74, 6) is 0. The summed E-state index contributed by atoms with van der Waals surface area (Å²) >= 11 is 0. The van der Waals surface area contributed by atoms with E-state index >= 15 is 0 Å². The molecule has 0 heterocycles. The number of rotatable bonds is 24. The van der Waals surface area contributed by atoms with Crippen molar-refractivity contribution < 1.29 is 18.9 Å². The molecular weight excluding hydrogens is 432 g/mol. The molecule has 0 aromatic carbocycles. The molecule has 0 aliphatic carbocycles. The highest BCUT2D eigenvalue weighted by molar-refractivity contribution is 6.41. The number of hydrogen-bond donors (Lipinski definition) is 0. The van der Waals surface area contributed by atoms with Crippen LogP contribution < -0.4 is 0 Å². The van der Waals surface area contributed by atoms with E-state index in [1.165, 1.54) is 0 Å². The van der Waals surface area contributed by atoms with Gasteiger partial charge >= 0.3 is 0 Å². The van der Waals surface area contributed by atoms with Gasteiger partial charge in [-0.15, -0.1) is 0 Å². The van der Waals surface area contributed by atoms with Gasteiger partial charge in [0.25, 0.3) is 0 Å². The van der Waals surface area contributed by atoms with Crippen LogP contribution in [0.3, 0.4) is 0 Å². The molecule has 0 aromatic heterocycles. The lowest BCUT2D eigenvalue weighted by atomic mass is 10.3. The van der Waals surface area contributed by atoms with Gasteiger partial charge in [-0.2, -0.15) is 0 Å². The maximum absolute atomic E-state index is 6.20. The lowest BCUT2D eigenvalue weighted by Gasteiger charge is -2.31. The summed E-state index contributed by atoms with van der Waals surface area (Å²) in [5.41, 5.74) is -1.08. The maximum atomic E-state index is 6.20. The minimum absolute atomic E-state index is 0.538. The van der Waals surface area contributed by atoms with Gasteiger partial charge in [-0.3, -0.25) is 0 Å². The average Bonchev–Trinajstić information content (AvgIpc) is 2.81. The monoisotopic (exact) mass is 484 g/mol. The average molecular weight is 485 g/mol. The topological polar surface area (TPSA) is 36.9 Å². The molecule has 0 aromatic rings. The predicted molar refractivity (Wildman–Crippen MR) is 145 cm³/mol. The van der Waals surface area contributed by atoms with Gasteiger partial charge in [0.15, 0.2) is 10.8 Å². The van der Waals surface area contributed by atoms with Crippen molar-refractivity contribution in [3.8, 4) is 0 Å². The SMILES string of the molecule is C=CC(OCCCC)(OCCCC)[SiH2]CC=CC[SiH2]C(C=C)(OCCCC)OCCCC. The van der Waals surface area contributed by atoms with Gasteiger partial charge in [-0.25, -0.2) is 0 Å². The number of allylic oxidation sites excluding steroid dienone is 2. The minimum atomic E-state index is -0.654. The number of unbranched alkanes of at least 4 members (excludes halogenated alkanes) is 4. The van der Waals surface area contributed by atoms with Gasteiger partial charge in [0, 0.05) is 26.4 Å². The first-order chi connectivity index (χ1) is 15.6. The molecular formula is C26H52O4Si2. The van der Waals surface area contributed by atoms with Crippen molar-refractivity contribution in [2.24, 2.45) is 0 Å². The van der Waals surface area contributed by atoms with Gasteiger partial charge in [-0.05, 0) is 49.9 Å². The first-order valence-corrected chi connectivity index (χ1v) is 16.5. The molecule has 0 spiro atoms. The fourth-order valence-electron chi connectivity index (χ4n) is 3.17. The van der Waals surface area contributed by atoms with E-state index in [4.69, 9.17) is 18.9 Å². The molecule has 0 fully saturated rings. The highest BCUT2D eigenvalue weighted by Crippen LogP contribution is 2.19. The quantitative estimate of drug-likeness (QED) is 0.0766. The standard InChI is InChI=1S/C26H52O4Si2/c1-7-13-19-27-25(11-5,28-20-14-8-2)31-23-17-18-24-32-26(12-6,29-21-15-9-3)30-22-16-10-4/h11-12,17-18H,5-10,13-16,19-24,31-32H2,1-4H3. The van der Waals surface area contributed by atoms with Crippen LogP contribution in [0.15, 0.2) is 37.5 Å². The van der Waals surface area contributed by atoms with Gasteiger partial charge in [0.05, 0.1) is 0 Å². The Morgan fingerprint density at radius 2 is 0.844 bits per heavy atom. The van der Waals surface area contributed by atoms with Gasteiger partial charge < -0.3 is 18.9 Å². The Balaban J connectivity index is 4.76. The Hall–Kier alpha value is -0.506. The van der Waals surface area contributed by atoms with Crippen LogP contribution in [-0.2, 0) is 18.9 Å². The van der Waals surface area contributed by atoms with E-state index in [0.717, 1.165) is 89.9 Å². The molecule has 0 saturated heterocycles. The highest BCUT2D eigenvalue weighted by Gasteiger charge is 2.28. The lowest BCUT2D eigenvalue weighted by Crippen LogP contribution is -2.41. The van der Waals surface area contributed by atoms with Crippen molar-refractivity contribution >= 4 is 19.0 Å². The summed E-state index contributed by atoms with van der Waals surface area (Å²) in [6, 6.07) is 2.07. The summed E-state index contributed by atoms with van der Waals surface area (Å²) < 4.78 is 24.8. The Kier molecular flexibility index (Phi) is 20.7. The third-order valence-corrected chi connectivity index (χ3v) is 9.52. The molecule has 0 N–H and O–H groups in total. The van der Waals surface area contributed by atoms with Crippen molar-refractivity contribution in [2.75, 3.05) is 26.4 Å². The van der Waals surface area contributed by atoms with Crippen molar-refractivity contribution in [1.82, 2.24) is 0 Å². The molecule has 4 nitrogen and oxygen atoms in total. The Morgan fingerprint density at radius 3 is 1.06 bits per heavy atom. The fraction of sp³-hybridized carbons (Fsp3) is 0.769. The zero-order valence-corrected chi connectivity index (χ0v) is 24.5. The van der Waals surface area contributed by atoms with E-state index in [-0.39, 0.29) is 0 Å². The summed E-state index contributed by atoms with van der Waals surface area (Å²) in [6.45, 7) is 19.8. The van der Waals surface area contributed by atoms with Crippen LogP contribution in [-0.4, -0.2) is 56.3 Å². The number of ether oxygens (including phenoxy) is 4. The molecule has 0 unspecified atom stereocenters. The summed E-state index contributed by atoms with van der Waals surface area (Å²) in [5, 5.41) is 0. The van der Waals surface area contributed by atoms with Crippen molar-refractivity contribution in [1.29, 1.82) is 0 Å². The van der Waals surface area contributed by atoms with Crippen molar-refractivity contribution in [3.63, 3.8) is 0 Å². The molecule has 0 bridgehead atoms. The largest absolute Gasteiger partial charge is 0.351 e. The maximum Gasteiger partial charge on any atom is 0.162 e. The van der Waals surface area contributed by atoms with Crippen molar-refractivity contribution in [2.45, 2.75) is 102 Å². The van der Waals surface area contributed by atoms with E-state index in [2.05, 4.69) is 53.0 Å². The predicted octanol–water partition coefficient (Wildman–Crippen LogP) is 5.66. The Labute approximate surface area is 203 Å². The molecule has 0 aliphatic heterocycles. The van der Waals surface area contributed by atoms with Crippen molar-refractivity contribution in [3.05, 3.63) is 37.5 Å². The molecule has 6 heteroatoms. The molecule has 0 saturated carbocycles. The zero-order chi connectivity index (χ0) is 24.0. The third-order valence-electron chi connectivity index (χ3n) is 5.48. The van der Waals surface area contributed by atoms with Gasteiger partial charge in [0.1, 0.15) is 19.0 Å². The minimum Gasteiger partial charge on any atom is -0.351 e. The second-order valence-corrected chi connectivity index (χ2v) is 12.5. The van der Waals surface area contributed by atoms with Crippen LogP contribution >= 0.6 is 0 Å². The lowest BCUT2D eigenvalue weighted by molar-refractivity contribution is -0.150. The molecule has 32 heavy (non-hydrogen) atoms. The summed E-state index contributed by atoms with van der Waals surface area (Å²) in [4.78, 5) is 0. The van der Waals surface area contributed by atoms with E-state index in [0.29, 0.717) is 0 Å². The van der Waals surface area contributed by atoms with Crippen LogP contribution in [0.1, 0.15) is 79.1 Å². The molecule has 0 aliphatic rings. The van der Waals surface area contributed by atoms with E-state index in [1.54, 1.807) is 0 Å². The Bertz CT molecular complexity index is 420. The van der Waals surface area contributed by atoms with Gasteiger partial charge in [0.2, 0.25) is 0 Å². The highest BCUT2D eigenvalue weighted by atomic mass is 28.2. The second-order valence-electron chi connectivity index (χ2n) is 8.39. The molecule has 0 radical (unpaired) electrons. The van der Waals surface area contributed by atoms with E-state index in [9.17, 15) is 0 Å². The molecule has 0 rings (SSSR count). The fourth-order valence-corrected chi connectivity index (χ4v) is 6.35. The molecule has 0 amide bonds. The van der Waals surface area contributed by atoms with Crippen LogP contribution in [0, 0.1) is 0 Å². The third kappa shape index (κ3) is 14.6. The van der Waals surface area contributed by atoms with Gasteiger partial charge in [-0.1, -0.05) is 78.7 Å². The first-order valence-electron chi connectivity index (χ1n) is 13.1. The smallest absolute Gasteiger partial charge is 0.162 e. The van der Waals surface area contributed by atoms with Crippen LogP contribution in [0.2, 0.25) is 12.1 Å². The Morgan fingerprint density at radius 1 is 0.562 bits per heavy atom. The van der Waals surface area contributed by atoms with E-state index in [1.807, 2.05) is 12.2 Å². The van der Waals surface area contributed by atoms with Crippen LogP contribution in [0.5, 0.6) is 0 Å². The number of hydrogen-bond acceptors (Lipinski definition) is 4. The summed E-state index contributed by atoms with van der Waals surface area (Å²) in [7, 11) is -1.31. The first kappa shape index (κ1) is 31.5. The summed E-state index contributed by atoms with van der Waals surface area (Å²) in [6.07, 6.45) is 17.1. The van der Waals surface area contributed by atoms with E-state index < -0.39 is 29.9 Å². The normalized spacial score (nSPS) is 13.2. The van der Waals surface area contributed by atoms with Crippen LogP contribution in [0.4, 0.5) is 0 Å².